The minimum atomic E-state index is -4.41. The topological polar surface area (TPSA) is 134 Å². The van der Waals surface area contributed by atoms with Gasteiger partial charge in [-0.2, -0.15) is 0 Å². The summed E-state index contributed by atoms with van der Waals surface area (Å²) in [4.78, 5) is 35.4. The molecule has 0 aliphatic rings. The van der Waals surface area contributed by atoms with Gasteiger partial charge in [0.25, 0.3) is 0 Å². The molecule has 2 atom stereocenters. The Kier molecular flexibility index (Phi) is 70.2. The average molecular weight is 1280 g/mol. The molecular formula is C81H132NO8P. The van der Waals surface area contributed by atoms with E-state index in [9.17, 15) is 19.0 Å². The summed E-state index contributed by atoms with van der Waals surface area (Å²) in [6.07, 6.45) is 111. The molecular weight excluding hydrogens is 1150 g/mol. The molecule has 2 unspecified atom stereocenters. The van der Waals surface area contributed by atoms with E-state index in [0.717, 1.165) is 154 Å². The largest absolute Gasteiger partial charge is 0.472 e. The molecule has 10 heteroatoms. The summed E-state index contributed by atoms with van der Waals surface area (Å²) in [5, 5.41) is 0. The molecule has 0 bridgehead atoms. The van der Waals surface area contributed by atoms with Crippen molar-refractivity contribution in [1.29, 1.82) is 0 Å². The molecule has 0 aliphatic carbocycles. The quantitative estimate of drug-likeness (QED) is 0.0264. The predicted molar refractivity (Wildman–Crippen MR) is 394 cm³/mol. The van der Waals surface area contributed by atoms with Crippen molar-refractivity contribution in [3.63, 3.8) is 0 Å². The lowest BCUT2D eigenvalue weighted by atomic mass is 10.0. The Morgan fingerprint density at radius 3 is 0.846 bits per heavy atom. The van der Waals surface area contributed by atoms with E-state index in [1.165, 1.54) is 96.3 Å². The Labute approximate surface area is 558 Å². The van der Waals surface area contributed by atoms with E-state index in [1.807, 2.05) is 0 Å². The maximum absolute atomic E-state index is 12.8. The van der Waals surface area contributed by atoms with Gasteiger partial charge in [-0.05, 0) is 135 Å². The number of allylic oxidation sites excluding steroid dienone is 30. The molecule has 91 heavy (non-hydrogen) atoms. The second-order valence-electron chi connectivity index (χ2n) is 23.3. The first-order valence-electron chi connectivity index (χ1n) is 36.3. The number of esters is 2. The van der Waals surface area contributed by atoms with Crippen molar-refractivity contribution in [2.45, 2.75) is 290 Å². The van der Waals surface area contributed by atoms with Crippen molar-refractivity contribution in [1.82, 2.24) is 0 Å². The number of rotatable bonds is 66. The highest BCUT2D eigenvalue weighted by Gasteiger charge is 2.26. The minimum absolute atomic E-state index is 0.0427. The lowest BCUT2D eigenvalue weighted by Gasteiger charge is -2.19. The molecule has 0 radical (unpaired) electrons. The van der Waals surface area contributed by atoms with Gasteiger partial charge in [0.1, 0.15) is 6.61 Å². The lowest BCUT2D eigenvalue weighted by Crippen LogP contribution is -2.29. The van der Waals surface area contributed by atoms with Crippen LogP contribution in [0.3, 0.4) is 0 Å². The first-order valence-corrected chi connectivity index (χ1v) is 37.8. The molecule has 0 fully saturated rings. The summed E-state index contributed by atoms with van der Waals surface area (Å²) in [6.45, 7) is 3.50. The van der Waals surface area contributed by atoms with E-state index in [1.54, 1.807) is 0 Å². The normalized spacial score (nSPS) is 14.0. The fourth-order valence-corrected chi connectivity index (χ4v) is 10.3. The molecule has 0 aromatic carbocycles. The Balaban J connectivity index is 3.94. The first kappa shape index (κ1) is 86.1. The highest BCUT2D eigenvalue weighted by molar-refractivity contribution is 7.47. The van der Waals surface area contributed by atoms with Crippen LogP contribution < -0.4 is 5.73 Å². The lowest BCUT2D eigenvalue weighted by molar-refractivity contribution is -0.161. The number of hydrogen-bond donors (Lipinski definition) is 2. The molecule has 0 saturated carbocycles. The van der Waals surface area contributed by atoms with Gasteiger partial charge < -0.3 is 20.1 Å². The van der Waals surface area contributed by atoms with Crippen molar-refractivity contribution in [3.05, 3.63) is 182 Å². The highest BCUT2D eigenvalue weighted by atomic mass is 31.2. The second kappa shape index (κ2) is 74.2. The van der Waals surface area contributed by atoms with Crippen LogP contribution in [-0.4, -0.2) is 49.3 Å². The molecule has 9 nitrogen and oxygen atoms in total. The van der Waals surface area contributed by atoms with Gasteiger partial charge in [0.15, 0.2) is 6.10 Å². The maximum atomic E-state index is 12.8. The fourth-order valence-electron chi connectivity index (χ4n) is 9.52. The van der Waals surface area contributed by atoms with E-state index in [-0.39, 0.29) is 38.6 Å². The van der Waals surface area contributed by atoms with Gasteiger partial charge in [0.05, 0.1) is 13.2 Å². The minimum Gasteiger partial charge on any atom is -0.462 e. The average Bonchev–Trinajstić information content (AvgIpc) is 3.71. The van der Waals surface area contributed by atoms with Gasteiger partial charge in [0, 0.05) is 19.4 Å². The zero-order chi connectivity index (χ0) is 65.8. The van der Waals surface area contributed by atoms with Crippen molar-refractivity contribution < 1.29 is 37.6 Å². The number of carbonyl (C=O) groups is 2. The summed E-state index contributed by atoms with van der Waals surface area (Å²) in [5.74, 6) is -0.850. The molecule has 0 saturated heterocycles. The molecule has 514 valence electrons. The number of hydrogen-bond acceptors (Lipinski definition) is 8. The van der Waals surface area contributed by atoms with Crippen molar-refractivity contribution in [2.75, 3.05) is 26.4 Å². The van der Waals surface area contributed by atoms with E-state index in [4.69, 9.17) is 24.3 Å². The molecule has 3 N–H and O–H groups in total. The number of nitrogens with two attached hydrogens (primary N) is 1. The molecule has 0 heterocycles. The van der Waals surface area contributed by atoms with E-state index < -0.39 is 26.5 Å². The van der Waals surface area contributed by atoms with Crippen LogP contribution in [0.25, 0.3) is 0 Å². The van der Waals surface area contributed by atoms with E-state index >= 15 is 0 Å². The van der Waals surface area contributed by atoms with Crippen LogP contribution in [-0.2, 0) is 32.7 Å². The number of unbranched alkanes of at least 4 members (excludes halogenated alkanes) is 23. The van der Waals surface area contributed by atoms with Crippen molar-refractivity contribution >= 4 is 19.8 Å². The monoisotopic (exact) mass is 1280 g/mol. The van der Waals surface area contributed by atoms with Crippen LogP contribution in [0.15, 0.2) is 182 Å². The SMILES string of the molecule is CC/C=C\C/C=C\C/C=C\C/C=C\C/C=C\C/C=C\C/C=C\C/C=C\CCCCCCCCC(=O)OC(COC(=O)CCCCCCCCCCCCCCCCCCC/C=C\C/C=C\C/C=C\C/C=C\C/C=C\C/C=C\C/C=C\CC)COP(=O)(O)OCCN. The Morgan fingerprint density at radius 2 is 0.571 bits per heavy atom. The molecule has 0 aliphatic heterocycles. The molecule has 0 spiro atoms. The summed E-state index contributed by atoms with van der Waals surface area (Å²) in [5.41, 5.74) is 5.40. The highest BCUT2D eigenvalue weighted by Crippen LogP contribution is 2.43. The van der Waals surface area contributed by atoms with Crippen LogP contribution in [0.1, 0.15) is 284 Å². The van der Waals surface area contributed by atoms with Crippen LogP contribution in [0.5, 0.6) is 0 Å². The van der Waals surface area contributed by atoms with E-state index in [2.05, 4.69) is 196 Å². The first-order chi connectivity index (χ1) is 44.8. The smallest absolute Gasteiger partial charge is 0.462 e. The van der Waals surface area contributed by atoms with Gasteiger partial charge in [-0.25, -0.2) is 4.57 Å². The van der Waals surface area contributed by atoms with Crippen molar-refractivity contribution in [2.24, 2.45) is 5.73 Å². The second-order valence-corrected chi connectivity index (χ2v) is 24.8. The Morgan fingerprint density at radius 1 is 0.330 bits per heavy atom. The number of phosphoric acid groups is 1. The van der Waals surface area contributed by atoms with Gasteiger partial charge >= 0.3 is 19.8 Å². The third kappa shape index (κ3) is 74.0. The van der Waals surface area contributed by atoms with Crippen LogP contribution in [0, 0.1) is 0 Å². The third-order valence-electron chi connectivity index (χ3n) is 14.8. The number of phosphoric ester groups is 1. The zero-order valence-corrected chi connectivity index (χ0v) is 58.6. The summed E-state index contributed by atoms with van der Waals surface area (Å²) in [7, 11) is -4.41. The fraction of sp³-hybridized carbons (Fsp3) is 0.605. The number of ether oxygens (including phenoxy) is 2. The summed E-state index contributed by atoms with van der Waals surface area (Å²) >= 11 is 0. The third-order valence-corrected chi connectivity index (χ3v) is 15.8. The van der Waals surface area contributed by atoms with Gasteiger partial charge in [-0.3, -0.25) is 18.6 Å². The van der Waals surface area contributed by atoms with Crippen LogP contribution in [0.4, 0.5) is 0 Å². The molecule has 0 aromatic rings. The predicted octanol–water partition coefficient (Wildman–Crippen LogP) is 24.3. The maximum Gasteiger partial charge on any atom is 0.472 e. The zero-order valence-electron chi connectivity index (χ0n) is 57.8. The Bertz CT molecular complexity index is 2150. The Hall–Kier alpha value is -4.89. The molecule has 0 rings (SSSR count). The van der Waals surface area contributed by atoms with Crippen molar-refractivity contribution in [3.8, 4) is 0 Å². The molecule has 0 aromatic heterocycles. The van der Waals surface area contributed by atoms with Gasteiger partial charge in [0.2, 0.25) is 0 Å². The molecule has 0 amide bonds. The standard InChI is InChI=1S/C81H132NO8P/c1-3-5-7-9-11-13-15-17-19-21-23-25-27-29-31-33-35-36-37-38-39-40-41-42-44-45-47-49-51-53-55-57-59-61-63-65-67-69-71-73-80(83)87-77-79(78-89-91(85,86)88-76-75-82)90-81(84)74-72-70-68-66-64-62-60-58-56-54-52-50-48-46-43-34-32-30-28-26-24-22-20-18-16-14-12-10-8-6-4-2/h5-8,11-14,17-20,23-26,29-32,35-36,38-39,43,46,50,52,56,58,79H,3-4,9-10,15-16,21-22,27-28,33-34,37,40-42,44-45,47-49,51,53-55,57,59-78,82H2,1-2H3,(H,85,86)/b7-5-,8-6-,13-11-,14-12-,19-17-,20-18-,25-23-,26-24-,31-29-,32-30-,36-35-,39-38-,46-43-,52-50-,58-56-. The van der Waals surface area contributed by atoms with Gasteiger partial charge in [-0.15, -0.1) is 0 Å². The van der Waals surface area contributed by atoms with Crippen LogP contribution >= 0.6 is 7.82 Å². The van der Waals surface area contributed by atoms with Gasteiger partial charge in [-0.1, -0.05) is 318 Å². The van der Waals surface area contributed by atoms with E-state index in [0.29, 0.717) is 6.42 Å². The van der Waals surface area contributed by atoms with Crippen LogP contribution in [0.2, 0.25) is 0 Å². The summed E-state index contributed by atoms with van der Waals surface area (Å²) in [6, 6.07) is 0. The summed E-state index contributed by atoms with van der Waals surface area (Å²) < 4.78 is 33.2. The number of carbonyl (C=O) groups excluding carboxylic acids is 2.